The first-order chi connectivity index (χ1) is 9.28. The molecule has 1 aromatic heterocycles. The lowest BCUT2D eigenvalue weighted by atomic mass is 9.98. The van der Waals surface area contributed by atoms with Gasteiger partial charge in [-0.05, 0) is 35.7 Å². The topological polar surface area (TPSA) is 65.9 Å². The van der Waals surface area contributed by atoms with Gasteiger partial charge in [0, 0.05) is 25.0 Å². The lowest BCUT2D eigenvalue weighted by molar-refractivity contribution is 0.722. The largest absolute Gasteiger partial charge is 0.398 e. The van der Waals surface area contributed by atoms with Crippen LogP contribution < -0.4 is 10.6 Å². The summed E-state index contributed by atoms with van der Waals surface area (Å²) in [7, 11) is 0. The minimum absolute atomic E-state index is 0.588. The molecule has 4 heteroatoms. The number of anilines is 2. The van der Waals surface area contributed by atoms with Crippen LogP contribution in [0.4, 0.5) is 11.5 Å². The quantitative estimate of drug-likeness (QED) is 0.787. The molecule has 0 aliphatic carbocycles. The second kappa shape index (κ2) is 4.62. The number of nitrogens with zero attached hydrogens (tertiary/aromatic N) is 3. The third-order valence-electron chi connectivity index (χ3n) is 3.50. The van der Waals surface area contributed by atoms with Gasteiger partial charge in [0.05, 0.1) is 5.56 Å². The van der Waals surface area contributed by atoms with E-state index < -0.39 is 0 Å². The van der Waals surface area contributed by atoms with Crippen molar-refractivity contribution in [1.29, 1.82) is 5.26 Å². The molecule has 3 rings (SSSR count). The van der Waals surface area contributed by atoms with Gasteiger partial charge in [0.15, 0.2) is 0 Å². The van der Waals surface area contributed by atoms with E-state index >= 15 is 0 Å². The Bertz CT molecular complexity index is 640. The Morgan fingerprint density at radius 3 is 2.89 bits per heavy atom. The van der Waals surface area contributed by atoms with Crippen molar-refractivity contribution >= 4 is 11.5 Å². The van der Waals surface area contributed by atoms with E-state index in [4.69, 9.17) is 11.0 Å². The Balaban J connectivity index is 1.87. The summed E-state index contributed by atoms with van der Waals surface area (Å²) in [6.07, 6.45) is 2.55. The lowest BCUT2D eigenvalue weighted by Crippen LogP contribution is -2.31. The van der Waals surface area contributed by atoms with Gasteiger partial charge in [-0.25, -0.2) is 4.98 Å². The van der Waals surface area contributed by atoms with Gasteiger partial charge in [0.2, 0.25) is 0 Å². The van der Waals surface area contributed by atoms with Gasteiger partial charge >= 0.3 is 0 Å². The van der Waals surface area contributed by atoms with Crippen molar-refractivity contribution in [3.05, 3.63) is 53.2 Å². The smallest absolute Gasteiger partial charge is 0.128 e. The van der Waals surface area contributed by atoms with E-state index in [1.807, 2.05) is 18.2 Å². The third-order valence-corrected chi connectivity index (χ3v) is 3.50. The summed E-state index contributed by atoms with van der Waals surface area (Å²) in [4.78, 5) is 6.55. The number of nitrogen functional groups attached to an aromatic ring is 1. The molecule has 2 aromatic rings. The highest BCUT2D eigenvalue weighted by atomic mass is 15.2. The van der Waals surface area contributed by atoms with E-state index in [0.717, 1.165) is 31.0 Å². The fourth-order valence-electron chi connectivity index (χ4n) is 2.47. The molecule has 1 aliphatic rings. The molecular weight excluding hydrogens is 236 g/mol. The number of pyridine rings is 1. The molecule has 0 radical (unpaired) electrons. The molecule has 2 N–H and O–H groups in total. The maximum atomic E-state index is 8.78. The molecular formula is C15H14N4. The van der Waals surface area contributed by atoms with E-state index in [9.17, 15) is 0 Å². The second-order valence-electron chi connectivity index (χ2n) is 4.67. The normalized spacial score (nSPS) is 13.7. The minimum atomic E-state index is 0.588. The highest BCUT2D eigenvalue weighted by molar-refractivity contribution is 5.55. The van der Waals surface area contributed by atoms with Gasteiger partial charge in [-0.15, -0.1) is 0 Å². The maximum Gasteiger partial charge on any atom is 0.128 e. The summed E-state index contributed by atoms with van der Waals surface area (Å²) >= 11 is 0. The first-order valence-electron chi connectivity index (χ1n) is 6.25. The van der Waals surface area contributed by atoms with E-state index in [0.29, 0.717) is 5.56 Å². The van der Waals surface area contributed by atoms with E-state index in [-0.39, 0.29) is 0 Å². The SMILES string of the molecule is N#Cc1ccc(N2CCc3c(N)cccc3C2)nc1. The maximum absolute atomic E-state index is 8.78. The molecule has 0 amide bonds. The van der Waals surface area contributed by atoms with E-state index in [1.165, 1.54) is 11.1 Å². The van der Waals surface area contributed by atoms with Crippen LogP contribution in [0.3, 0.4) is 0 Å². The van der Waals surface area contributed by atoms with Crippen molar-refractivity contribution in [2.75, 3.05) is 17.2 Å². The molecule has 1 aromatic carbocycles. The van der Waals surface area contributed by atoms with Crippen LogP contribution in [0.1, 0.15) is 16.7 Å². The van der Waals surface area contributed by atoms with Crippen LogP contribution in [0.25, 0.3) is 0 Å². The highest BCUT2D eigenvalue weighted by Gasteiger charge is 2.18. The Kier molecular flexibility index (Phi) is 2.81. The Labute approximate surface area is 112 Å². The Morgan fingerprint density at radius 1 is 1.26 bits per heavy atom. The van der Waals surface area contributed by atoms with Gasteiger partial charge in [0.25, 0.3) is 0 Å². The number of nitriles is 1. The number of fused-ring (bicyclic) bond motifs is 1. The van der Waals surface area contributed by atoms with Crippen LogP contribution in [-0.2, 0) is 13.0 Å². The monoisotopic (exact) mass is 250 g/mol. The van der Waals surface area contributed by atoms with Crippen molar-refractivity contribution in [3.63, 3.8) is 0 Å². The van der Waals surface area contributed by atoms with Crippen molar-refractivity contribution in [1.82, 2.24) is 4.98 Å². The molecule has 0 saturated carbocycles. The predicted molar refractivity (Wildman–Crippen MR) is 74.6 cm³/mol. The average molecular weight is 250 g/mol. The summed E-state index contributed by atoms with van der Waals surface area (Å²) in [5.74, 6) is 0.909. The first kappa shape index (κ1) is 11.5. The van der Waals surface area contributed by atoms with Crippen LogP contribution in [0.2, 0.25) is 0 Å². The first-order valence-corrected chi connectivity index (χ1v) is 6.25. The molecule has 0 unspecified atom stereocenters. The van der Waals surface area contributed by atoms with Gasteiger partial charge in [0.1, 0.15) is 11.9 Å². The molecule has 0 spiro atoms. The zero-order valence-corrected chi connectivity index (χ0v) is 10.5. The summed E-state index contributed by atoms with van der Waals surface area (Å²) in [6.45, 7) is 1.72. The summed E-state index contributed by atoms with van der Waals surface area (Å²) in [5, 5.41) is 8.78. The molecule has 0 bridgehead atoms. The Hall–Kier alpha value is -2.54. The van der Waals surface area contributed by atoms with Crippen LogP contribution in [0.5, 0.6) is 0 Å². The van der Waals surface area contributed by atoms with Crippen LogP contribution >= 0.6 is 0 Å². The number of nitrogens with two attached hydrogens (primary N) is 1. The predicted octanol–water partition coefficient (Wildman–Crippen LogP) is 2.10. The zero-order valence-electron chi connectivity index (χ0n) is 10.5. The zero-order chi connectivity index (χ0) is 13.2. The Morgan fingerprint density at radius 2 is 2.16 bits per heavy atom. The molecule has 19 heavy (non-hydrogen) atoms. The number of aromatic nitrogens is 1. The lowest BCUT2D eigenvalue weighted by Gasteiger charge is -2.30. The van der Waals surface area contributed by atoms with Crippen LogP contribution in [-0.4, -0.2) is 11.5 Å². The van der Waals surface area contributed by atoms with Crippen molar-refractivity contribution in [2.24, 2.45) is 0 Å². The van der Waals surface area contributed by atoms with Crippen LogP contribution in [0, 0.1) is 11.3 Å². The van der Waals surface area contributed by atoms with Gasteiger partial charge < -0.3 is 10.6 Å². The average Bonchev–Trinajstić information content (AvgIpc) is 2.47. The minimum Gasteiger partial charge on any atom is -0.398 e. The fraction of sp³-hybridized carbons (Fsp3) is 0.200. The van der Waals surface area contributed by atoms with E-state index in [1.54, 1.807) is 12.3 Å². The molecule has 94 valence electrons. The van der Waals surface area contributed by atoms with Gasteiger partial charge in [-0.3, -0.25) is 0 Å². The third kappa shape index (κ3) is 2.11. The summed E-state index contributed by atoms with van der Waals surface area (Å²) in [6, 6.07) is 11.8. The summed E-state index contributed by atoms with van der Waals surface area (Å²) < 4.78 is 0. The number of benzene rings is 1. The standard InChI is InChI=1S/C15H14N4/c16-8-11-4-5-15(18-9-11)19-7-6-13-12(10-19)2-1-3-14(13)17/h1-5,9H,6-7,10,17H2. The van der Waals surface area contributed by atoms with Crippen molar-refractivity contribution in [3.8, 4) is 6.07 Å². The number of hydrogen-bond donors (Lipinski definition) is 1. The molecule has 2 heterocycles. The molecule has 0 saturated heterocycles. The molecule has 0 fully saturated rings. The second-order valence-corrected chi connectivity index (χ2v) is 4.67. The van der Waals surface area contributed by atoms with Crippen molar-refractivity contribution < 1.29 is 0 Å². The molecule has 4 nitrogen and oxygen atoms in total. The number of hydrogen-bond acceptors (Lipinski definition) is 4. The van der Waals surface area contributed by atoms with Crippen molar-refractivity contribution in [2.45, 2.75) is 13.0 Å². The van der Waals surface area contributed by atoms with Gasteiger partial charge in [-0.2, -0.15) is 5.26 Å². The molecule has 1 aliphatic heterocycles. The van der Waals surface area contributed by atoms with Gasteiger partial charge in [-0.1, -0.05) is 12.1 Å². The fourth-order valence-corrected chi connectivity index (χ4v) is 2.47. The van der Waals surface area contributed by atoms with Crippen LogP contribution in [0.15, 0.2) is 36.5 Å². The summed E-state index contributed by atoms with van der Waals surface area (Å²) in [5.41, 5.74) is 9.98. The molecule has 0 atom stereocenters. The highest BCUT2D eigenvalue weighted by Crippen LogP contribution is 2.26. The number of rotatable bonds is 1. The van der Waals surface area contributed by atoms with E-state index in [2.05, 4.69) is 22.0 Å².